The number of benzene rings is 1. The van der Waals surface area contributed by atoms with Crippen LogP contribution in [0.15, 0.2) is 40.4 Å². The molecule has 1 aromatic heterocycles. The Morgan fingerprint density at radius 1 is 1.41 bits per heavy atom. The Bertz CT molecular complexity index is 702. The second kappa shape index (κ2) is 6.85. The van der Waals surface area contributed by atoms with Gasteiger partial charge in [-0.3, -0.25) is 5.43 Å². The van der Waals surface area contributed by atoms with Gasteiger partial charge in [0.05, 0.1) is 18.5 Å². The summed E-state index contributed by atoms with van der Waals surface area (Å²) in [5.74, 6) is 2.18. The summed E-state index contributed by atoms with van der Waals surface area (Å²) >= 11 is 0. The molecule has 0 radical (unpaired) electrons. The molecule has 0 aliphatic rings. The quantitative estimate of drug-likeness (QED) is 0.632. The molecule has 0 fully saturated rings. The van der Waals surface area contributed by atoms with Gasteiger partial charge in [-0.2, -0.15) is 5.10 Å². The minimum Gasteiger partial charge on any atom is -0.504 e. The van der Waals surface area contributed by atoms with Crippen LogP contribution in [0, 0.1) is 13.8 Å². The van der Waals surface area contributed by atoms with Crippen LogP contribution < -0.4 is 10.2 Å². The second-order valence-electron chi connectivity index (χ2n) is 4.84. The Balaban J connectivity index is 2.05. The van der Waals surface area contributed by atoms with Gasteiger partial charge in [0, 0.05) is 5.56 Å². The summed E-state index contributed by atoms with van der Waals surface area (Å²) in [5, 5.41) is 13.8. The summed E-state index contributed by atoms with van der Waals surface area (Å²) < 4.78 is 10.8. The van der Waals surface area contributed by atoms with Gasteiger partial charge in [-0.25, -0.2) is 0 Å². The monoisotopic (exact) mass is 300 g/mol. The van der Waals surface area contributed by atoms with Gasteiger partial charge < -0.3 is 14.3 Å². The summed E-state index contributed by atoms with van der Waals surface area (Å²) in [6.07, 6.45) is 1.63. The number of phenols is 1. The van der Waals surface area contributed by atoms with Crippen molar-refractivity contribution in [3.8, 4) is 11.5 Å². The van der Waals surface area contributed by atoms with Crippen LogP contribution in [0.3, 0.4) is 0 Å². The van der Waals surface area contributed by atoms with E-state index >= 15 is 0 Å². The molecular weight excluding hydrogens is 280 g/mol. The molecule has 0 atom stereocenters. The zero-order valence-electron chi connectivity index (χ0n) is 13.0. The molecule has 0 saturated heterocycles. The normalized spacial score (nSPS) is 10.9. The second-order valence-corrected chi connectivity index (χ2v) is 4.84. The highest BCUT2D eigenvalue weighted by atomic mass is 16.5. The zero-order chi connectivity index (χ0) is 16.1. The van der Waals surface area contributed by atoms with Gasteiger partial charge in [-0.15, -0.1) is 0 Å². The predicted molar refractivity (Wildman–Crippen MR) is 87.2 cm³/mol. The molecule has 0 aliphatic heterocycles. The third-order valence-electron chi connectivity index (χ3n) is 3.06. The van der Waals surface area contributed by atoms with E-state index in [1.54, 1.807) is 24.4 Å². The van der Waals surface area contributed by atoms with Gasteiger partial charge in [0.25, 0.3) is 0 Å². The maximum atomic E-state index is 9.65. The zero-order valence-corrected chi connectivity index (χ0v) is 13.0. The van der Waals surface area contributed by atoms with Crippen LogP contribution in [-0.4, -0.2) is 17.9 Å². The Morgan fingerprint density at radius 3 is 2.82 bits per heavy atom. The van der Waals surface area contributed by atoms with Crippen LogP contribution in [0.25, 0.3) is 5.70 Å². The average Bonchev–Trinajstić information content (AvgIpc) is 2.81. The van der Waals surface area contributed by atoms with Crippen LogP contribution in [0.4, 0.5) is 0 Å². The van der Waals surface area contributed by atoms with E-state index in [1.807, 2.05) is 26.8 Å². The van der Waals surface area contributed by atoms with Crippen LogP contribution in [0.2, 0.25) is 0 Å². The number of phenolic OH excluding ortho intramolecular Hbond substituents is 1. The SMILES string of the molecule is C=C(N/N=C/c1ccc(O)c(OCC)c1)c1cc(C)oc1C. The molecule has 2 aromatic rings. The lowest BCUT2D eigenvalue weighted by Gasteiger charge is -2.06. The van der Waals surface area contributed by atoms with E-state index in [-0.39, 0.29) is 5.75 Å². The van der Waals surface area contributed by atoms with E-state index in [4.69, 9.17) is 9.15 Å². The van der Waals surface area contributed by atoms with Gasteiger partial charge in [0.1, 0.15) is 11.5 Å². The number of furan rings is 1. The van der Waals surface area contributed by atoms with Crippen molar-refractivity contribution in [3.05, 3.63) is 53.5 Å². The number of hydrogen-bond donors (Lipinski definition) is 2. The first kappa shape index (κ1) is 15.7. The number of aryl methyl sites for hydroxylation is 2. The van der Waals surface area contributed by atoms with Crippen molar-refractivity contribution < 1.29 is 14.3 Å². The molecule has 1 heterocycles. The standard InChI is InChI=1S/C17H20N2O3/c1-5-21-17-9-14(6-7-16(17)20)10-18-19-12(3)15-8-11(2)22-13(15)4/h6-10,19-20H,3,5H2,1-2,4H3/b18-10+. The van der Waals surface area contributed by atoms with Crippen LogP contribution in [0.5, 0.6) is 11.5 Å². The minimum absolute atomic E-state index is 0.112. The number of rotatable bonds is 6. The van der Waals surface area contributed by atoms with E-state index in [9.17, 15) is 5.11 Å². The number of aromatic hydroxyl groups is 1. The third kappa shape index (κ3) is 3.69. The molecule has 1 aromatic carbocycles. The Morgan fingerprint density at radius 2 is 2.18 bits per heavy atom. The van der Waals surface area contributed by atoms with Gasteiger partial charge >= 0.3 is 0 Å². The highest BCUT2D eigenvalue weighted by molar-refractivity contribution is 5.81. The molecule has 0 bridgehead atoms. The highest BCUT2D eigenvalue weighted by Gasteiger charge is 2.07. The molecular formula is C17H20N2O3. The van der Waals surface area contributed by atoms with Gasteiger partial charge in [-0.05, 0) is 50.6 Å². The molecule has 116 valence electrons. The fourth-order valence-electron chi connectivity index (χ4n) is 2.06. The van der Waals surface area contributed by atoms with Crippen molar-refractivity contribution in [1.82, 2.24) is 5.43 Å². The smallest absolute Gasteiger partial charge is 0.161 e. The Kier molecular flexibility index (Phi) is 4.88. The molecule has 5 nitrogen and oxygen atoms in total. The van der Waals surface area contributed by atoms with E-state index in [2.05, 4.69) is 17.1 Å². The van der Waals surface area contributed by atoms with Gasteiger partial charge in [0.15, 0.2) is 11.5 Å². The first-order chi connectivity index (χ1) is 10.5. The average molecular weight is 300 g/mol. The Labute approximate surface area is 129 Å². The molecule has 22 heavy (non-hydrogen) atoms. The number of hydrazone groups is 1. The molecule has 2 rings (SSSR count). The fraction of sp³-hybridized carbons (Fsp3) is 0.235. The van der Waals surface area contributed by atoms with Crippen molar-refractivity contribution >= 4 is 11.9 Å². The lowest BCUT2D eigenvalue weighted by atomic mass is 10.2. The van der Waals surface area contributed by atoms with Crippen LogP contribution in [0.1, 0.15) is 29.6 Å². The minimum atomic E-state index is 0.112. The molecule has 0 aliphatic carbocycles. The van der Waals surface area contributed by atoms with E-state index in [0.717, 1.165) is 22.6 Å². The highest BCUT2D eigenvalue weighted by Crippen LogP contribution is 2.26. The lowest BCUT2D eigenvalue weighted by molar-refractivity contribution is 0.318. The number of nitrogens with zero attached hydrogens (tertiary/aromatic N) is 1. The van der Waals surface area contributed by atoms with Crippen LogP contribution in [-0.2, 0) is 0 Å². The van der Waals surface area contributed by atoms with Gasteiger partial charge in [-0.1, -0.05) is 6.58 Å². The van der Waals surface area contributed by atoms with Crippen molar-refractivity contribution in [2.45, 2.75) is 20.8 Å². The van der Waals surface area contributed by atoms with Crippen LogP contribution >= 0.6 is 0 Å². The van der Waals surface area contributed by atoms with E-state index in [1.165, 1.54) is 0 Å². The molecule has 0 spiro atoms. The Hall–Kier alpha value is -2.69. The van der Waals surface area contributed by atoms with E-state index < -0.39 is 0 Å². The summed E-state index contributed by atoms with van der Waals surface area (Å²) in [7, 11) is 0. The predicted octanol–water partition coefficient (Wildman–Crippen LogP) is 3.60. The van der Waals surface area contributed by atoms with Gasteiger partial charge in [0.2, 0.25) is 0 Å². The molecule has 0 unspecified atom stereocenters. The molecule has 2 N–H and O–H groups in total. The number of ether oxygens (including phenoxy) is 1. The van der Waals surface area contributed by atoms with Crippen molar-refractivity contribution in [2.24, 2.45) is 5.10 Å². The van der Waals surface area contributed by atoms with Crippen molar-refractivity contribution in [3.63, 3.8) is 0 Å². The summed E-state index contributed by atoms with van der Waals surface area (Å²) in [5.41, 5.74) is 5.25. The summed E-state index contributed by atoms with van der Waals surface area (Å²) in [6, 6.07) is 6.96. The topological polar surface area (TPSA) is 67.0 Å². The largest absolute Gasteiger partial charge is 0.504 e. The number of hydrogen-bond acceptors (Lipinski definition) is 5. The first-order valence-electron chi connectivity index (χ1n) is 7.02. The lowest BCUT2D eigenvalue weighted by Crippen LogP contribution is -2.03. The number of nitrogens with one attached hydrogen (secondary N) is 1. The maximum Gasteiger partial charge on any atom is 0.161 e. The molecule has 5 heteroatoms. The summed E-state index contributed by atoms with van der Waals surface area (Å²) in [6.45, 7) is 10.1. The first-order valence-corrected chi connectivity index (χ1v) is 7.02. The molecule has 0 amide bonds. The fourth-order valence-corrected chi connectivity index (χ4v) is 2.06. The third-order valence-corrected chi connectivity index (χ3v) is 3.06. The van der Waals surface area contributed by atoms with Crippen molar-refractivity contribution in [2.75, 3.05) is 6.61 Å². The maximum absolute atomic E-state index is 9.65. The van der Waals surface area contributed by atoms with Crippen molar-refractivity contribution in [1.29, 1.82) is 0 Å². The van der Waals surface area contributed by atoms with E-state index in [0.29, 0.717) is 18.1 Å². The summed E-state index contributed by atoms with van der Waals surface area (Å²) in [4.78, 5) is 0. The molecule has 0 saturated carbocycles.